The highest BCUT2D eigenvalue weighted by Gasteiger charge is 2.30. The summed E-state index contributed by atoms with van der Waals surface area (Å²) in [6.45, 7) is 10.7. The minimum atomic E-state index is -0.254. The van der Waals surface area contributed by atoms with Gasteiger partial charge in [0.05, 0.1) is 5.69 Å². The average Bonchev–Trinajstić information content (AvgIpc) is 3.18. The lowest BCUT2D eigenvalue weighted by molar-refractivity contribution is 0.692. The second kappa shape index (κ2) is 15.2. The van der Waals surface area contributed by atoms with E-state index in [1.54, 1.807) is 0 Å². The number of nitrogens with zero attached hydrogens (tertiary/aromatic N) is 2. The van der Waals surface area contributed by atoms with Gasteiger partial charge in [-0.25, -0.2) is 0 Å². The lowest BCUT2D eigenvalue weighted by Crippen LogP contribution is -2.32. The van der Waals surface area contributed by atoms with Crippen LogP contribution >= 0.6 is 0 Å². The first kappa shape index (κ1) is 33.5. The van der Waals surface area contributed by atoms with Crippen molar-refractivity contribution in [3.63, 3.8) is 0 Å². The van der Waals surface area contributed by atoms with Gasteiger partial charge in [-0.05, 0) is 72.6 Å². The lowest BCUT2D eigenvalue weighted by Gasteiger charge is -2.32. The van der Waals surface area contributed by atoms with Crippen molar-refractivity contribution in [2.45, 2.75) is 19.3 Å². The van der Waals surface area contributed by atoms with Crippen molar-refractivity contribution < 1.29 is 0 Å². The third-order valence-corrected chi connectivity index (χ3v) is 9.28. The third kappa shape index (κ3) is 6.65. The molecule has 0 saturated heterocycles. The number of aryl methyl sites for hydroxylation is 1. The molecule has 0 bridgehead atoms. The summed E-state index contributed by atoms with van der Waals surface area (Å²) in [7, 11) is 0. The molecular formula is C46H40N4. The molecule has 0 aliphatic carbocycles. The molecule has 0 saturated carbocycles. The van der Waals surface area contributed by atoms with Crippen LogP contribution in [0.25, 0.3) is 28.1 Å². The number of aliphatic imine (C=N–C) groups is 1. The molecule has 8 rings (SSSR count). The van der Waals surface area contributed by atoms with Gasteiger partial charge in [0, 0.05) is 27.9 Å². The van der Waals surface area contributed by atoms with E-state index in [1.165, 1.54) is 33.2 Å². The van der Waals surface area contributed by atoms with Crippen molar-refractivity contribution in [3.8, 4) is 11.1 Å². The Morgan fingerprint density at radius 2 is 1.04 bits per heavy atom. The van der Waals surface area contributed by atoms with Crippen LogP contribution in [-0.2, 0) is 5.41 Å². The van der Waals surface area contributed by atoms with E-state index in [2.05, 4.69) is 188 Å². The number of nitrogens with one attached hydrogen (secondary N) is 2. The predicted molar refractivity (Wildman–Crippen MR) is 213 cm³/mol. The number of fused-ring (bicyclic) bond motifs is 3. The van der Waals surface area contributed by atoms with Crippen LogP contribution in [0.5, 0.6) is 0 Å². The van der Waals surface area contributed by atoms with E-state index in [0.29, 0.717) is 0 Å². The van der Waals surface area contributed by atoms with E-state index in [-0.39, 0.29) is 5.41 Å². The van der Waals surface area contributed by atoms with E-state index in [9.17, 15) is 0 Å². The minimum absolute atomic E-state index is 0.254. The standard InChI is InChI=1S/C38H29N3.C7H8.CH3N/c1-38(28-11-5-3-6-12-28,29-13-7-4-8-14-29)30-21-17-26(18-22-30)27-19-23-31(24-20-27)41-36-33-16-10-9-15-32(33)34-25-40-35(34)37(36)39-2;1-7-5-3-2-4-6-7;1-2/h3-25,41H,2H2,1H3;2-6H,1H3;2H,1H2. The maximum absolute atomic E-state index is 5.50. The van der Waals surface area contributed by atoms with E-state index in [1.807, 2.05) is 24.4 Å². The van der Waals surface area contributed by atoms with Crippen molar-refractivity contribution in [2.24, 2.45) is 9.98 Å². The van der Waals surface area contributed by atoms with Gasteiger partial charge in [0.2, 0.25) is 0 Å². The molecule has 4 heteroatoms. The fourth-order valence-electron chi connectivity index (χ4n) is 6.51. The van der Waals surface area contributed by atoms with Crippen LogP contribution in [0, 0.1) is 12.3 Å². The fraction of sp³-hybridized carbons (Fsp3) is 0.0652. The van der Waals surface area contributed by atoms with Crippen LogP contribution in [-0.4, -0.2) is 13.4 Å². The zero-order chi connectivity index (χ0) is 34.9. The Hall–Kier alpha value is -6.39. The highest BCUT2D eigenvalue weighted by molar-refractivity contribution is 6.02. The van der Waals surface area contributed by atoms with Gasteiger partial charge in [-0.15, -0.1) is 0 Å². The van der Waals surface area contributed by atoms with Crippen molar-refractivity contribution in [3.05, 3.63) is 197 Å². The first-order valence-electron chi connectivity index (χ1n) is 16.6. The van der Waals surface area contributed by atoms with Gasteiger partial charge in [0.15, 0.2) is 0 Å². The van der Waals surface area contributed by atoms with Crippen LogP contribution in [0.4, 0.5) is 17.1 Å². The zero-order valence-corrected chi connectivity index (χ0v) is 28.5. The predicted octanol–water partition coefficient (Wildman–Crippen LogP) is 10.6. The number of rotatable bonds is 7. The van der Waals surface area contributed by atoms with Crippen LogP contribution in [0.2, 0.25) is 0 Å². The Kier molecular flexibility index (Phi) is 10.2. The maximum atomic E-state index is 5.50. The topological polar surface area (TPSA) is 60.6 Å². The highest BCUT2D eigenvalue weighted by Crippen LogP contribution is 2.39. The normalized spacial score (nSPS) is 11.2. The summed E-state index contributed by atoms with van der Waals surface area (Å²) in [6.07, 6.45) is 1.90. The average molecular weight is 649 g/mol. The van der Waals surface area contributed by atoms with Crippen LogP contribution in [0.1, 0.15) is 29.2 Å². The van der Waals surface area contributed by atoms with Crippen LogP contribution < -0.4 is 15.9 Å². The van der Waals surface area contributed by atoms with Gasteiger partial charge in [-0.1, -0.05) is 157 Å². The highest BCUT2D eigenvalue weighted by atomic mass is 14.9. The number of hydrogen-bond acceptors (Lipinski definition) is 4. The summed E-state index contributed by atoms with van der Waals surface area (Å²) >= 11 is 0. The zero-order valence-electron chi connectivity index (χ0n) is 28.5. The Balaban J connectivity index is 0.000000425. The molecule has 0 radical (unpaired) electrons. The molecule has 1 aliphatic heterocycles. The summed E-state index contributed by atoms with van der Waals surface area (Å²) in [5.41, 5.74) is 9.94. The molecule has 1 aliphatic rings. The molecule has 244 valence electrons. The summed E-state index contributed by atoms with van der Waals surface area (Å²) < 4.78 is 0. The second-order valence-corrected chi connectivity index (χ2v) is 12.2. The SMILES string of the molecule is C=N.C=Nc1c(Nc2ccc(-c3ccc(C(C)(c4ccccc4)c4ccccc4)cc3)cc2)c2ccccc2c2c1=NC=2.Cc1ccccc1. The van der Waals surface area contributed by atoms with Gasteiger partial charge in [0.25, 0.3) is 0 Å². The first-order chi connectivity index (χ1) is 24.6. The quantitative estimate of drug-likeness (QED) is 0.131. The Morgan fingerprint density at radius 1 is 0.580 bits per heavy atom. The van der Waals surface area contributed by atoms with Crippen molar-refractivity contribution in [1.82, 2.24) is 0 Å². The van der Waals surface area contributed by atoms with Crippen LogP contribution in [0.15, 0.2) is 174 Å². The number of benzene rings is 7. The molecule has 0 spiro atoms. The monoisotopic (exact) mass is 648 g/mol. The van der Waals surface area contributed by atoms with Gasteiger partial charge >= 0.3 is 0 Å². The molecule has 1 heterocycles. The summed E-state index contributed by atoms with van der Waals surface area (Å²) in [5, 5.41) is 13.4. The molecule has 7 aromatic carbocycles. The molecule has 0 aromatic heterocycles. The molecule has 0 atom stereocenters. The second-order valence-electron chi connectivity index (χ2n) is 12.2. The molecule has 2 N–H and O–H groups in total. The number of anilines is 2. The molecule has 50 heavy (non-hydrogen) atoms. The van der Waals surface area contributed by atoms with E-state index < -0.39 is 0 Å². The van der Waals surface area contributed by atoms with Crippen molar-refractivity contribution >= 4 is 47.5 Å². The third-order valence-electron chi connectivity index (χ3n) is 9.28. The maximum Gasteiger partial charge on any atom is 0.113 e. The van der Waals surface area contributed by atoms with Crippen molar-refractivity contribution in [1.29, 1.82) is 5.41 Å². The lowest BCUT2D eigenvalue weighted by atomic mass is 9.71. The van der Waals surface area contributed by atoms with Crippen molar-refractivity contribution in [2.75, 3.05) is 5.32 Å². The van der Waals surface area contributed by atoms with E-state index >= 15 is 0 Å². The Labute approximate surface area is 294 Å². The molecule has 0 amide bonds. The first-order valence-corrected chi connectivity index (χ1v) is 16.6. The molecular weight excluding hydrogens is 609 g/mol. The molecule has 7 aromatic rings. The fourth-order valence-corrected chi connectivity index (χ4v) is 6.51. The molecule has 0 fully saturated rings. The molecule has 0 unspecified atom stereocenters. The van der Waals surface area contributed by atoms with E-state index in [4.69, 9.17) is 5.41 Å². The smallest absolute Gasteiger partial charge is 0.113 e. The summed E-state index contributed by atoms with van der Waals surface area (Å²) in [6, 6.07) is 57.6. The van der Waals surface area contributed by atoms with Crippen LogP contribution in [0.3, 0.4) is 0 Å². The van der Waals surface area contributed by atoms with Gasteiger partial charge < -0.3 is 10.7 Å². The largest absolute Gasteiger partial charge is 0.353 e. The minimum Gasteiger partial charge on any atom is -0.353 e. The number of hydrogen-bond donors (Lipinski definition) is 2. The molecule has 4 nitrogen and oxygen atoms in total. The Bertz CT molecular complexity index is 2290. The van der Waals surface area contributed by atoms with Gasteiger partial charge in [0.1, 0.15) is 11.0 Å². The summed E-state index contributed by atoms with van der Waals surface area (Å²) in [4.78, 5) is 8.81. The summed E-state index contributed by atoms with van der Waals surface area (Å²) in [5.74, 6) is 0. The van der Waals surface area contributed by atoms with Gasteiger partial charge in [-0.3, -0.25) is 9.98 Å². The Morgan fingerprint density at radius 3 is 1.50 bits per heavy atom. The van der Waals surface area contributed by atoms with E-state index in [0.717, 1.165) is 38.6 Å². The van der Waals surface area contributed by atoms with Gasteiger partial charge in [-0.2, -0.15) is 0 Å².